The van der Waals surface area contributed by atoms with E-state index in [1.165, 1.54) is 6.92 Å². The molecule has 24 heavy (non-hydrogen) atoms. The van der Waals surface area contributed by atoms with Gasteiger partial charge in [-0.15, -0.1) is 5.06 Å². The monoisotopic (exact) mass is 324 g/mol. The Labute approximate surface area is 141 Å². The molecule has 0 aliphatic carbocycles. The molecule has 0 radical (unpaired) electrons. The predicted molar refractivity (Wildman–Crippen MR) is 91.2 cm³/mol. The van der Waals surface area contributed by atoms with Gasteiger partial charge in [0.1, 0.15) is 6.04 Å². The van der Waals surface area contributed by atoms with Crippen molar-refractivity contribution in [2.75, 3.05) is 0 Å². The van der Waals surface area contributed by atoms with Gasteiger partial charge in [0.25, 0.3) is 5.78 Å². The summed E-state index contributed by atoms with van der Waals surface area (Å²) in [5.74, 6) is -0.436. The minimum Gasteiger partial charge on any atom is -0.622 e. The molecule has 2 aromatic rings. The minimum atomic E-state index is -1.69. The molecule has 1 N–H and O–H groups in total. The first-order valence-electron chi connectivity index (χ1n) is 7.86. The predicted octanol–water partition coefficient (Wildman–Crippen LogP) is 2.99. The van der Waals surface area contributed by atoms with Crippen LogP contribution in [0.5, 0.6) is 0 Å². The summed E-state index contributed by atoms with van der Waals surface area (Å²) in [5, 5.41) is 24.4. The normalized spacial score (nSPS) is 24.4. The second-order valence-corrected chi connectivity index (χ2v) is 6.28. The van der Waals surface area contributed by atoms with Gasteiger partial charge in [-0.2, -0.15) is 4.74 Å². The molecule has 5 heteroatoms. The first kappa shape index (κ1) is 16.4. The summed E-state index contributed by atoms with van der Waals surface area (Å²) >= 11 is 0. The molecular weight excluding hydrogens is 304 g/mol. The zero-order valence-corrected chi connectivity index (χ0v) is 13.9. The number of hydrogen-bond acceptors (Lipinski definition) is 4. The lowest BCUT2D eigenvalue weighted by Crippen LogP contribution is -2.54. The van der Waals surface area contributed by atoms with E-state index in [2.05, 4.69) is 0 Å². The lowest BCUT2D eigenvalue weighted by molar-refractivity contribution is -0.561. The van der Waals surface area contributed by atoms with E-state index in [9.17, 15) is 15.2 Å². The standard InChI is InChI=1S/C19H20N2O3/c1-13-9-11-15(12-10-13)17-14(2)20(23)19(3,21(17)24)18(22)16-7-5-4-6-8-16/h4-12,14,23H,1-3H3/t14-,19-/m1/s1. The Kier molecular flexibility index (Phi) is 3.99. The van der Waals surface area contributed by atoms with Crippen molar-refractivity contribution >= 4 is 11.5 Å². The van der Waals surface area contributed by atoms with Crippen LogP contribution in [0, 0.1) is 12.1 Å². The second kappa shape index (κ2) is 5.85. The third-order valence-corrected chi connectivity index (χ3v) is 4.64. The molecular formula is C19H20N2O3. The van der Waals surface area contributed by atoms with Crippen molar-refractivity contribution in [1.82, 2.24) is 5.06 Å². The number of Topliss-reactive ketones (excluding diaryl/α,β-unsaturated/α-hetero) is 1. The van der Waals surface area contributed by atoms with Crippen LogP contribution in [-0.4, -0.2) is 38.2 Å². The molecule has 2 atom stereocenters. The highest BCUT2D eigenvalue weighted by Gasteiger charge is 2.58. The topological polar surface area (TPSA) is 66.6 Å². The van der Waals surface area contributed by atoms with Gasteiger partial charge in [0, 0.05) is 18.1 Å². The number of hydroxylamine groups is 3. The molecule has 2 aromatic carbocycles. The summed E-state index contributed by atoms with van der Waals surface area (Å²) in [6.45, 7) is 5.12. The number of carbonyl (C=O) groups is 1. The van der Waals surface area contributed by atoms with Gasteiger partial charge < -0.3 is 10.4 Å². The van der Waals surface area contributed by atoms with Gasteiger partial charge in [0.2, 0.25) is 5.71 Å². The van der Waals surface area contributed by atoms with Crippen LogP contribution in [0.3, 0.4) is 0 Å². The van der Waals surface area contributed by atoms with E-state index in [1.807, 2.05) is 31.2 Å². The van der Waals surface area contributed by atoms with Crippen molar-refractivity contribution in [3.05, 3.63) is 76.5 Å². The van der Waals surface area contributed by atoms with Crippen molar-refractivity contribution < 1.29 is 14.7 Å². The number of nitrogens with zero attached hydrogens (tertiary/aromatic N) is 2. The summed E-state index contributed by atoms with van der Waals surface area (Å²) in [4.78, 5) is 12.9. The third-order valence-electron chi connectivity index (χ3n) is 4.64. The number of ketones is 1. The summed E-state index contributed by atoms with van der Waals surface area (Å²) in [5.41, 5.74) is 0.848. The summed E-state index contributed by atoms with van der Waals surface area (Å²) in [6.07, 6.45) is 0. The zero-order valence-electron chi connectivity index (χ0n) is 13.9. The van der Waals surface area contributed by atoms with Gasteiger partial charge in [-0.05, 0) is 26.0 Å². The number of rotatable bonds is 3. The SMILES string of the molecule is Cc1ccc(C2=[N+]([O-])[C@](C)(C(=O)c3ccccc3)N(O)[C@@H]2C)cc1. The van der Waals surface area contributed by atoms with Crippen molar-refractivity contribution in [3.8, 4) is 0 Å². The van der Waals surface area contributed by atoms with E-state index in [4.69, 9.17) is 0 Å². The van der Waals surface area contributed by atoms with E-state index in [0.717, 1.165) is 10.6 Å². The fourth-order valence-corrected chi connectivity index (χ4v) is 3.13. The molecule has 0 bridgehead atoms. The molecule has 0 saturated heterocycles. The van der Waals surface area contributed by atoms with E-state index in [0.29, 0.717) is 21.6 Å². The molecule has 0 unspecified atom stereocenters. The third kappa shape index (κ3) is 2.33. The van der Waals surface area contributed by atoms with Gasteiger partial charge in [0.15, 0.2) is 0 Å². The Balaban J connectivity index is 2.11. The second-order valence-electron chi connectivity index (χ2n) is 6.28. The van der Waals surface area contributed by atoms with Gasteiger partial charge in [0.05, 0.1) is 0 Å². The van der Waals surface area contributed by atoms with Crippen LogP contribution in [0.25, 0.3) is 0 Å². The number of benzene rings is 2. The fraction of sp³-hybridized carbons (Fsp3) is 0.263. The molecule has 0 fully saturated rings. The van der Waals surface area contributed by atoms with Gasteiger partial charge in [-0.25, -0.2) is 0 Å². The van der Waals surface area contributed by atoms with Gasteiger partial charge in [-0.1, -0.05) is 48.0 Å². The van der Waals surface area contributed by atoms with Gasteiger partial charge in [-0.3, -0.25) is 4.79 Å². The molecule has 0 spiro atoms. The Morgan fingerprint density at radius 1 is 1.17 bits per heavy atom. The van der Waals surface area contributed by atoms with Crippen LogP contribution >= 0.6 is 0 Å². The molecule has 0 saturated carbocycles. The summed E-state index contributed by atoms with van der Waals surface area (Å²) < 4.78 is 0.637. The van der Waals surface area contributed by atoms with Crippen LogP contribution in [0.2, 0.25) is 0 Å². The summed E-state index contributed by atoms with van der Waals surface area (Å²) in [7, 11) is 0. The fourth-order valence-electron chi connectivity index (χ4n) is 3.13. The van der Waals surface area contributed by atoms with Crippen LogP contribution < -0.4 is 0 Å². The van der Waals surface area contributed by atoms with Crippen LogP contribution in [0.4, 0.5) is 0 Å². The average molecular weight is 324 g/mol. The molecule has 1 aliphatic heterocycles. The molecule has 1 heterocycles. The molecule has 0 aromatic heterocycles. The van der Waals surface area contributed by atoms with E-state index in [-0.39, 0.29) is 0 Å². The first-order valence-corrected chi connectivity index (χ1v) is 7.86. The van der Waals surface area contributed by atoms with Crippen LogP contribution in [0.1, 0.15) is 35.3 Å². The zero-order chi connectivity index (χ0) is 17.5. The first-order chi connectivity index (χ1) is 11.4. The summed E-state index contributed by atoms with van der Waals surface area (Å²) in [6, 6.07) is 15.4. The maximum Gasteiger partial charge on any atom is 0.312 e. The van der Waals surface area contributed by atoms with Gasteiger partial charge >= 0.3 is 5.66 Å². The quantitative estimate of drug-likeness (QED) is 0.535. The van der Waals surface area contributed by atoms with E-state index >= 15 is 0 Å². The molecule has 124 valence electrons. The van der Waals surface area contributed by atoms with E-state index < -0.39 is 17.5 Å². The molecule has 0 amide bonds. The lowest BCUT2D eigenvalue weighted by atomic mass is 10.00. The highest BCUT2D eigenvalue weighted by atomic mass is 16.6. The van der Waals surface area contributed by atoms with E-state index in [1.54, 1.807) is 37.3 Å². The maximum absolute atomic E-state index is 13.0. The lowest BCUT2D eigenvalue weighted by Gasteiger charge is -2.27. The van der Waals surface area contributed by atoms with Crippen LogP contribution in [-0.2, 0) is 0 Å². The number of hydrogen-bond donors (Lipinski definition) is 1. The molecule has 1 aliphatic rings. The Bertz CT molecular complexity index is 799. The smallest absolute Gasteiger partial charge is 0.312 e. The number of carbonyl (C=O) groups excluding carboxylic acids is 1. The highest BCUT2D eigenvalue weighted by molar-refractivity contribution is 6.07. The molecule has 5 nitrogen and oxygen atoms in total. The van der Waals surface area contributed by atoms with Crippen molar-refractivity contribution in [1.29, 1.82) is 0 Å². The minimum absolute atomic E-state index is 0.379. The van der Waals surface area contributed by atoms with Crippen LogP contribution in [0.15, 0.2) is 54.6 Å². The van der Waals surface area contributed by atoms with Crippen molar-refractivity contribution in [2.24, 2.45) is 0 Å². The Hall–Kier alpha value is -2.50. The largest absolute Gasteiger partial charge is 0.622 e. The van der Waals surface area contributed by atoms with Crippen molar-refractivity contribution in [3.63, 3.8) is 0 Å². The Morgan fingerprint density at radius 3 is 2.33 bits per heavy atom. The average Bonchev–Trinajstić information content (AvgIpc) is 2.78. The number of aryl methyl sites for hydroxylation is 1. The highest BCUT2D eigenvalue weighted by Crippen LogP contribution is 2.31. The maximum atomic E-state index is 13.0. The van der Waals surface area contributed by atoms with Crippen molar-refractivity contribution in [2.45, 2.75) is 32.5 Å². The Morgan fingerprint density at radius 2 is 1.75 bits per heavy atom. The molecule has 3 rings (SSSR count).